The van der Waals surface area contributed by atoms with Gasteiger partial charge in [0.2, 0.25) is 0 Å². The molecule has 0 unspecified atom stereocenters. The largest absolute Gasteiger partial charge is 0.492 e. The minimum Gasteiger partial charge on any atom is -0.492 e. The van der Waals surface area contributed by atoms with Gasteiger partial charge in [-0.2, -0.15) is 0 Å². The number of carbonyl (C=O) groups excluding carboxylic acids is 1. The predicted octanol–water partition coefficient (Wildman–Crippen LogP) is 3.56. The summed E-state index contributed by atoms with van der Waals surface area (Å²) in [5, 5.41) is 11.9. The maximum atomic E-state index is 12.1. The van der Waals surface area contributed by atoms with Crippen LogP contribution in [0, 0.1) is 6.92 Å². The average Bonchev–Trinajstić information content (AvgIpc) is 2.73. The summed E-state index contributed by atoms with van der Waals surface area (Å²) in [6.45, 7) is 5.15. The number of carbonyl (C=O) groups is 1. The summed E-state index contributed by atoms with van der Waals surface area (Å²) in [6.07, 6.45) is 1.71. The molecule has 1 aromatic carbocycles. The molecule has 0 saturated heterocycles. The standard InChI is InChI=1S/C21H25N7O2/c1-3-30-17-9-5-4-8-16(17)27-21(29)24-13-12-23-19-14-20(26-15(2)25-19)28-18-10-6-7-11-22-18/h4-11,14H,3,12-13H2,1-2H3,(H2,24,27,29)(H2,22,23,25,26,28). The Morgan fingerprint density at radius 1 is 1.00 bits per heavy atom. The van der Waals surface area contributed by atoms with Gasteiger partial charge in [0.05, 0.1) is 12.3 Å². The molecular formula is C21H25N7O2. The fraction of sp³-hybridized carbons (Fsp3) is 0.238. The SMILES string of the molecule is CCOc1ccccc1NC(=O)NCCNc1cc(Nc2ccccn2)nc(C)n1. The minimum atomic E-state index is -0.305. The molecule has 0 radical (unpaired) electrons. The lowest BCUT2D eigenvalue weighted by Crippen LogP contribution is -2.32. The van der Waals surface area contributed by atoms with E-state index in [1.165, 1.54) is 0 Å². The second kappa shape index (κ2) is 10.6. The van der Waals surface area contributed by atoms with Crippen LogP contribution in [-0.4, -0.2) is 40.7 Å². The number of benzene rings is 1. The lowest BCUT2D eigenvalue weighted by atomic mass is 10.3. The zero-order valence-corrected chi connectivity index (χ0v) is 17.0. The Labute approximate surface area is 175 Å². The number of hydrogen-bond donors (Lipinski definition) is 4. The maximum Gasteiger partial charge on any atom is 0.319 e. The van der Waals surface area contributed by atoms with Gasteiger partial charge in [0.1, 0.15) is 29.0 Å². The molecule has 0 bridgehead atoms. The Morgan fingerprint density at radius 2 is 1.80 bits per heavy atom. The number of rotatable bonds is 9. The van der Waals surface area contributed by atoms with Crippen LogP contribution in [0.5, 0.6) is 5.75 Å². The third-order valence-electron chi connectivity index (χ3n) is 3.91. The number of amides is 2. The van der Waals surface area contributed by atoms with E-state index in [9.17, 15) is 4.79 Å². The van der Waals surface area contributed by atoms with E-state index in [-0.39, 0.29) is 6.03 Å². The molecule has 9 nitrogen and oxygen atoms in total. The Hall–Kier alpha value is -3.88. The van der Waals surface area contributed by atoms with Crippen molar-refractivity contribution in [2.75, 3.05) is 35.6 Å². The van der Waals surface area contributed by atoms with Gasteiger partial charge in [-0.1, -0.05) is 18.2 Å². The van der Waals surface area contributed by atoms with Crippen LogP contribution in [0.15, 0.2) is 54.7 Å². The van der Waals surface area contributed by atoms with E-state index in [2.05, 4.69) is 36.2 Å². The second-order valence-corrected chi connectivity index (χ2v) is 6.26. The predicted molar refractivity (Wildman–Crippen MR) is 117 cm³/mol. The van der Waals surface area contributed by atoms with Gasteiger partial charge in [0, 0.05) is 25.4 Å². The molecule has 0 spiro atoms. The van der Waals surface area contributed by atoms with Crippen molar-refractivity contribution in [2.45, 2.75) is 13.8 Å². The lowest BCUT2D eigenvalue weighted by molar-refractivity contribution is 0.252. The van der Waals surface area contributed by atoms with Crippen molar-refractivity contribution >= 4 is 29.2 Å². The molecule has 156 valence electrons. The van der Waals surface area contributed by atoms with Gasteiger partial charge in [-0.05, 0) is 38.1 Å². The highest BCUT2D eigenvalue weighted by Crippen LogP contribution is 2.23. The number of para-hydroxylation sites is 2. The summed E-state index contributed by atoms with van der Waals surface area (Å²) in [5.74, 6) is 3.26. The molecule has 0 aliphatic heterocycles. The van der Waals surface area contributed by atoms with E-state index in [1.54, 1.807) is 18.3 Å². The molecule has 2 amide bonds. The average molecular weight is 407 g/mol. The van der Waals surface area contributed by atoms with Gasteiger partial charge in [-0.15, -0.1) is 0 Å². The third kappa shape index (κ3) is 6.33. The Kier molecular flexibility index (Phi) is 7.37. The van der Waals surface area contributed by atoms with Crippen molar-refractivity contribution in [3.05, 3.63) is 60.6 Å². The Morgan fingerprint density at radius 3 is 2.60 bits per heavy atom. The van der Waals surface area contributed by atoms with Crippen LogP contribution in [0.2, 0.25) is 0 Å². The van der Waals surface area contributed by atoms with Gasteiger partial charge in [0.25, 0.3) is 0 Å². The molecule has 2 heterocycles. The maximum absolute atomic E-state index is 12.1. The summed E-state index contributed by atoms with van der Waals surface area (Å²) in [5.41, 5.74) is 0.626. The van der Waals surface area contributed by atoms with Crippen LogP contribution >= 0.6 is 0 Å². The number of aryl methyl sites for hydroxylation is 1. The van der Waals surface area contributed by atoms with Crippen LogP contribution in [0.1, 0.15) is 12.7 Å². The van der Waals surface area contributed by atoms with E-state index < -0.39 is 0 Å². The van der Waals surface area contributed by atoms with Gasteiger partial charge in [-0.3, -0.25) is 0 Å². The van der Waals surface area contributed by atoms with E-state index in [4.69, 9.17) is 4.74 Å². The molecular weight excluding hydrogens is 382 g/mol. The summed E-state index contributed by atoms with van der Waals surface area (Å²) in [4.78, 5) is 25.1. The summed E-state index contributed by atoms with van der Waals surface area (Å²) in [7, 11) is 0. The van der Waals surface area contributed by atoms with E-state index in [0.717, 1.165) is 0 Å². The van der Waals surface area contributed by atoms with Gasteiger partial charge in [-0.25, -0.2) is 19.7 Å². The normalized spacial score (nSPS) is 10.2. The van der Waals surface area contributed by atoms with Crippen molar-refractivity contribution < 1.29 is 9.53 Å². The minimum absolute atomic E-state index is 0.305. The fourth-order valence-electron chi connectivity index (χ4n) is 2.67. The summed E-state index contributed by atoms with van der Waals surface area (Å²) in [6, 6.07) is 14.4. The quantitative estimate of drug-likeness (QED) is 0.401. The number of pyridine rings is 1. The molecule has 0 fully saturated rings. The number of nitrogens with zero attached hydrogens (tertiary/aromatic N) is 3. The fourth-order valence-corrected chi connectivity index (χ4v) is 2.67. The first-order valence-corrected chi connectivity index (χ1v) is 9.68. The molecule has 0 aliphatic rings. The van der Waals surface area contributed by atoms with E-state index in [0.29, 0.717) is 54.4 Å². The molecule has 0 saturated carbocycles. The number of nitrogens with one attached hydrogen (secondary N) is 4. The lowest BCUT2D eigenvalue weighted by Gasteiger charge is -2.13. The van der Waals surface area contributed by atoms with Crippen LogP contribution in [0.4, 0.5) is 27.9 Å². The zero-order chi connectivity index (χ0) is 21.2. The van der Waals surface area contributed by atoms with Crippen LogP contribution in [0.25, 0.3) is 0 Å². The number of anilines is 4. The van der Waals surface area contributed by atoms with Crippen molar-refractivity contribution in [1.82, 2.24) is 20.3 Å². The van der Waals surface area contributed by atoms with Crippen LogP contribution < -0.4 is 26.0 Å². The zero-order valence-electron chi connectivity index (χ0n) is 17.0. The molecule has 0 aliphatic carbocycles. The van der Waals surface area contributed by atoms with Crippen molar-refractivity contribution in [3.8, 4) is 5.75 Å². The number of aromatic nitrogens is 3. The molecule has 3 aromatic rings. The molecule has 0 atom stereocenters. The van der Waals surface area contributed by atoms with E-state index >= 15 is 0 Å². The highest BCUT2D eigenvalue weighted by Gasteiger charge is 2.07. The van der Waals surface area contributed by atoms with Crippen molar-refractivity contribution in [1.29, 1.82) is 0 Å². The summed E-state index contributed by atoms with van der Waals surface area (Å²) >= 11 is 0. The smallest absolute Gasteiger partial charge is 0.319 e. The Bertz CT molecular complexity index is 967. The van der Waals surface area contributed by atoms with Crippen LogP contribution in [0.3, 0.4) is 0 Å². The van der Waals surface area contributed by atoms with Gasteiger partial charge < -0.3 is 26.0 Å². The highest BCUT2D eigenvalue weighted by molar-refractivity contribution is 5.90. The topological polar surface area (TPSA) is 113 Å². The number of hydrogen-bond acceptors (Lipinski definition) is 7. The Balaban J connectivity index is 1.48. The first-order chi connectivity index (χ1) is 14.6. The van der Waals surface area contributed by atoms with E-state index in [1.807, 2.05) is 50.2 Å². The third-order valence-corrected chi connectivity index (χ3v) is 3.91. The number of ether oxygens (including phenoxy) is 1. The van der Waals surface area contributed by atoms with Gasteiger partial charge in [0.15, 0.2) is 0 Å². The molecule has 2 aromatic heterocycles. The molecule has 30 heavy (non-hydrogen) atoms. The van der Waals surface area contributed by atoms with Crippen LogP contribution in [-0.2, 0) is 0 Å². The monoisotopic (exact) mass is 407 g/mol. The first-order valence-electron chi connectivity index (χ1n) is 9.68. The van der Waals surface area contributed by atoms with Crippen molar-refractivity contribution in [3.63, 3.8) is 0 Å². The second-order valence-electron chi connectivity index (χ2n) is 6.26. The first kappa shape index (κ1) is 20.8. The highest BCUT2D eigenvalue weighted by atomic mass is 16.5. The number of urea groups is 1. The summed E-state index contributed by atoms with van der Waals surface area (Å²) < 4.78 is 5.51. The van der Waals surface area contributed by atoms with Crippen molar-refractivity contribution in [2.24, 2.45) is 0 Å². The molecule has 4 N–H and O–H groups in total. The van der Waals surface area contributed by atoms with Gasteiger partial charge >= 0.3 is 6.03 Å². The molecule has 3 rings (SSSR count). The molecule has 9 heteroatoms.